The number of carbonyl (C=O) groups excluding carboxylic acids is 1. The highest BCUT2D eigenvalue weighted by Gasteiger charge is 2.31. The molecule has 25 heavy (non-hydrogen) atoms. The summed E-state index contributed by atoms with van der Waals surface area (Å²) in [6.45, 7) is 4.04. The maximum absolute atomic E-state index is 14.0. The number of rotatable bonds is 6. The standard InChI is InChI=1S/C19H20FNO4/c1-11(2)12-7-9-13(10-8-12)18(23)21-16(17(22)19(24)25)14-5-3-4-6-15(14)20/h3-11,16-17,22H,1-2H3,(H,21,23)(H,24,25)/t16-,17+/m0/s1. The first-order valence-corrected chi connectivity index (χ1v) is 7.87. The van der Waals surface area contributed by atoms with Crippen LogP contribution in [-0.2, 0) is 4.79 Å². The van der Waals surface area contributed by atoms with Crippen molar-refractivity contribution < 1.29 is 24.2 Å². The van der Waals surface area contributed by atoms with Crippen LogP contribution < -0.4 is 5.32 Å². The van der Waals surface area contributed by atoms with E-state index in [1.165, 1.54) is 18.2 Å². The van der Waals surface area contributed by atoms with Gasteiger partial charge in [-0.1, -0.05) is 44.2 Å². The predicted molar refractivity (Wildman–Crippen MR) is 90.8 cm³/mol. The number of benzene rings is 2. The average molecular weight is 345 g/mol. The molecule has 0 heterocycles. The Labute approximate surface area is 145 Å². The van der Waals surface area contributed by atoms with E-state index in [9.17, 15) is 19.1 Å². The Kier molecular flexibility index (Phi) is 5.88. The summed E-state index contributed by atoms with van der Waals surface area (Å²) in [6.07, 6.45) is -1.98. The number of carboxylic acid groups (broad SMARTS) is 1. The number of hydrogen-bond acceptors (Lipinski definition) is 3. The Hall–Kier alpha value is -2.73. The van der Waals surface area contributed by atoms with E-state index < -0.39 is 29.8 Å². The van der Waals surface area contributed by atoms with Crippen molar-refractivity contribution in [2.75, 3.05) is 0 Å². The van der Waals surface area contributed by atoms with Gasteiger partial charge in [0.15, 0.2) is 6.10 Å². The van der Waals surface area contributed by atoms with Crippen molar-refractivity contribution in [1.82, 2.24) is 5.32 Å². The third-order valence-corrected chi connectivity index (χ3v) is 3.94. The summed E-state index contributed by atoms with van der Waals surface area (Å²) in [6, 6.07) is 10.8. The van der Waals surface area contributed by atoms with Gasteiger partial charge in [-0.25, -0.2) is 9.18 Å². The van der Waals surface area contributed by atoms with Crippen LogP contribution in [0.1, 0.15) is 47.3 Å². The maximum Gasteiger partial charge on any atom is 0.335 e. The second-order valence-electron chi connectivity index (χ2n) is 6.03. The molecule has 2 aromatic carbocycles. The number of aliphatic hydroxyl groups is 1. The van der Waals surface area contributed by atoms with Crippen molar-refractivity contribution in [3.05, 3.63) is 71.0 Å². The van der Waals surface area contributed by atoms with E-state index in [1.807, 2.05) is 13.8 Å². The van der Waals surface area contributed by atoms with E-state index in [0.717, 1.165) is 11.6 Å². The first-order chi connectivity index (χ1) is 11.8. The van der Waals surface area contributed by atoms with Gasteiger partial charge in [0, 0.05) is 11.1 Å². The second-order valence-corrected chi connectivity index (χ2v) is 6.03. The molecule has 0 bridgehead atoms. The molecular formula is C19H20FNO4. The third-order valence-electron chi connectivity index (χ3n) is 3.94. The van der Waals surface area contributed by atoms with E-state index in [1.54, 1.807) is 24.3 Å². The van der Waals surface area contributed by atoms with Gasteiger partial charge in [0.05, 0.1) is 6.04 Å². The summed E-state index contributed by atoms with van der Waals surface area (Å²) < 4.78 is 14.0. The molecule has 2 rings (SSSR count). The molecule has 0 aliphatic rings. The number of amides is 1. The Bertz CT molecular complexity index is 758. The smallest absolute Gasteiger partial charge is 0.335 e. The largest absolute Gasteiger partial charge is 0.479 e. The lowest BCUT2D eigenvalue weighted by Gasteiger charge is -2.22. The van der Waals surface area contributed by atoms with E-state index in [2.05, 4.69) is 5.32 Å². The lowest BCUT2D eigenvalue weighted by molar-refractivity contribution is -0.148. The monoisotopic (exact) mass is 345 g/mol. The molecule has 1 amide bonds. The van der Waals surface area contributed by atoms with Crippen molar-refractivity contribution in [3.8, 4) is 0 Å². The van der Waals surface area contributed by atoms with Gasteiger partial charge in [0.1, 0.15) is 5.82 Å². The molecule has 0 spiro atoms. The maximum atomic E-state index is 14.0. The molecule has 0 aliphatic carbocycles. The molecule has 0 fully saturated rings. The number of aliphatic carboxylic acids is 1. The minimum atomic E-state index is -1.98. The lowest BCUT2D eigenvalue weighted by atomic mass is 9.99. The van der Waals surface area contributed by atoms with Crippen molar-refractivity contribution >= 4 is 11.9 Å². The minimum Gasteiger partial charge on any atom is -0.479 e. The Balaban J connectivity index is 2.28. The second kappa shape index (κ2) is 7.90. The Morgan fingerprint density at radius 1 is 1.04 bits per heavy atom. The van der Waals surface area contributed by atoms with Crippen LogP contribution in [-0.4, -0.2) is 28.2 Å². The lowest BCUT2D eigenvalue weighted by Crippen LogP contribution is -2.40. The zero-order valence-electron chi connectivity index (χ0n) is 13.9. The summed E-state index contributed by atoms with van der Waals surface area (Å²) >= 11 is 0. The molecule has 0 saturated heterocycles. The molecule has 132 valence electrons. The number of carbonyl (C=O) groups is 2. The van der Waals surface area contributed by atoms with Gasteiger partial charge in [-0.15, -0.1) is 0 Å². The van der Waals surface area contributed by atoms with Gasteiger partial charge in [0.2, 0.25) is 0 Å². The number of hydrogen-bond donors (Lipinski definition) is 3. The Morgan fingerprint density at radius 2 is 1.64 bits per heavy atom. The topological polar surface area (TPSA) is 86.6 Å². The number of aliphatic hydroxyl groups excluding tert-OH is 1. The first-order valence-electron chi connectivity index (χ1n) is 7.87. The zero-order chi connectivity index (χ0) is 18.6. The van der Waals surface area contributed by atoms with Gasteiger partial charge in [0.25, 0.3) is 5.91 Å². The molecule has 0 aliphatic heterocycles. The first kappa shape index (κ1) is 18.6. The van der Waals surface area contributed by atoms with Gasteiger partial charge < -0.3 is 15.5 Å². The van der Waals surface area contributed by atoms with Gasteiger partial charge in [-0.2, -0.15) is 0 Å². The molecule has 0 saturated carbocycles. The van der Waals surface area contributed by atoms with Crippen LogP contribution in [0, 0.1) is 5.82 Å². The van der Waals surface area contributed by atoms with Crippen LogP contribution in [0.5, 0.6) is 0 Å². The van der Waals surface area contributed by atoms with Crippen molar-refractivity contribution in [2.24, 2.45) is 0 Å². The fourth-order valence-corrected chi connectivity index (χ4v) is 2.44. The van der Waals surface area contributed by atoms with E-state index in [4.69, 9.17) is 5.11 Å². The summed E-state index contributed by atoms with van der Waals surface area (Å²) in [5, 5.41) is 21.4. The van der Waals surface area contributed by atoms with Gasteiger partial charge in [-0.3, -0.25) is 4.79 Å². The fourth-order valence-electron chi connectivity index (χ4n) is 2.44. The number of halogens is 1. The van der Waals surface area contributed by atoms with E-state index in [-0.39, 0.29) is 5.56 Å². The quantitative estimate of drug-likeness (QED) is 0.751. The number of carboxylic acids is 1. The zero-order valence-corrected chi connectivity index (χ0v) is 13.9. The molecule has 2 aromatic rings. The normalized spacial score (nSPS) is 13.3. The molecule has 2 atom stereocenters. The Morgan fingerprint density at radius 3 is 2.16 bits per heavy atom. The van der Waals surface area contributed by atoms with Crippen LogP contribution in [0.3, 0.4) is 0 Å². The van der Waals surface area contributed by atoms with Crippen LogP contribution in [0.15, 0.2) is 48.5 Å². The highest BCUT2D eigenvalue weighted by molar-refractivity contribution is 5.95. The van der Waals surface area contributed by atoms with Crippen molar-refractivity contribution in [2.45, 2.75) is 31.9 Å². The predicted octanol–water partition coefficient (Wildman–Crippen LogP) is 2.87. The molecule has 5 nitrogen and oxygen atoms in total. The van der Waals surface area contributed by atoms with E-state index in [0.29, 0.717) is 11.5 Å². The van der Waals surface area contributed by atoms with Crippen molar-refractivity contribution in [1.29, 1.82) is 0 Å². The van der Waals surface area contributed by atoms with Gasteiger partial charge >= 0.3 is 5.97 Å². The molecule has 0 unspecified atom stereocenters. The van der Waals surface area contributed by atoms with E-state index >= 15 is 0 Å². The average Bonchev–Trinajstić information content (AvgIpc) is 2.59. The summed E-state index contributed by atoms with van der Waals surface area (Å²) in [7, 11) is 0. The van der Waals surface area contributed by atoms with Crippen LogP contribution in [0.2, 0.25) is 0 Å². The molecule has 6 heteroatoms. The molecule has 0 radical (unpaired) electrons. The highest BCUT2D eigenvalue weighted by Crippen LogP contribution is 2.22. The minimum absolute atomic E-state index is 0.0930. The fraction of sp³-hybridized carbons (Fsp3) is 0.263. The molecular weight excluding hydrogens is 325 g/mol. The van der Waals surface area contributed by atoms with Crippen LogP contribution in [0.4, 0.5) is 4.39 Å². The van der Waals surface area contributed by atoms with Crippen LogP contribution in [0.25, 0.3) is 0 Å². The van der Waals surface area contributed by atoms with Crippen LogP contribution >= 0.6 is 0 Å². The number of nitrogens with one attached hydrogen (secondary N) is 1. The molecule has 3 N–H and O–H groups in total. The molecule has 0 aromatic heterocycles. The van der Waals surface area contributed by atoms with Crippen molar-refractivity contribution in [3.63, 3.8) is 0 Å². The third kappa shape index (κ3) is 4.42. The summed E-state index contributed by atoms with van der Waals surface area (Å²) in [4.78, 5) is 23.5. The SMILES string of the molecule is CC(C)c1ccc(C(=O)N[C@@H](c2ccccc2F)[C@@H](O)C(=O)O)cc1. The highest BCUT2D eigenvalue weighted by atomic mass is 19.1. The van der Waals surface area contributed by atoms with Gasteiger partial charge in [-0.05, 0) is 29.7 Å². The summed E-state index contributed by atoms with van der Waals surface area (Å²) in [5.41, 5.74) is 1.25. The summed E-state index contributed by atoms with van der Waals surface area (Å²) in [5.74, 6) is -2.55.